The Morgan fingerprint density at radius 3 is 2.70 bits per heavy atom. The van der Waals surface area contributed by atoms with Crippen molar-refractivity contribution < 1.29 is 9.59 Å². The Labute approximate surface area is 118 Å². The highest BCUT2D eigenvalue weighted by atomic mass is 16.2. The fourth-order valence-corrected chi connectivity index (χ4v) is 2.92. The molecule has 0 atom stereocenters. The van der Waals surface area contributed by atoms with Gasteiger partial charge in [-0.15, -0.1) is 0 Å². The molecule has 6 heteroatoms. The van der Waals surface area contributed by atoms with Crippen molar-refractivity contribution in [3.63, 3.8) is 0 Å². The van der Waals surface area contributed by atoms with Gasteiger partial charge in [-0.1, -0.05) is 0 Å². The number of hydrogen-bond donors (Lipinski definition) is 1. The summed E-state index contributed by atoms with van der Waals surface area (Å²) >= 11 is 0. The zero-order valence-corrected chi connectivity index (χ0v) is 11.7. The van der Waals surface area contributed by atoms with E-state index in [1.807, 2.05) is 12.5 Å². The van der Waals surface area contributed by atoms with Gasteiger partial charge in [0, 0.05) is 45.0 Å². The van der Waals surface area contributed by atoms with Gasteiger partial charge in [-0.3, -0.25) is 9.59 Å². The van der Waals surface area contributed by atoms with Crippen LogP contribution in [0.25, 0.3) is 0 Å². The number of nitrogens with one attached hydrogen (secondary N) is 1. The number of carbonyl (C=O) groups excluding carboxylic acids is 2. The second kappa shape index (κ2) is 5.26. The molecule has 0 bridgehead atoms. The summed E-state index contributed by atoms with van der Waals surface area (Å²) in [5, 5.41) is 3.09. The summed E-state index contributed by atoms with van der Waals surface area (Å²) in [5.74, 6) is 0.780. The van der Waals surface area contributed by atoms with Crippen LogP contribution in [-0.4, -0.2) is 45.4 Å². The maximum absolute atomic E-state index is 12.0. The van der Waals surface area contributed by atoms with Crippen molar-refractivity contribution >= 4 is 11.8 Å². The van der Waals surface area contributed by atoms with Crippen LogP contribution in [0.4, 0.5) is 0 Å². The molecule has 0 radical (unpaired) electrons. The standard InChI is InChI=1S/C14H20N4O2/c1-10(19)18-7-12(8-18)14(20)16-13-4-11(5-13)6-17-3-2-15-9-17/h2-3,9,11-13H,4-8H2,1H3,(H,16,20). The van der Waals surface area contributed by atoms with Crippen LogP contribution in [0.1, 0.15) is 19.8 Å². The highest BCUT2D eigenvalue weighted by Crippen LogP contribution is 2.29. The summed E-state index contributed by atoms with van der Waals surface area (Å²) in [6.45, 7) is 3.67. The van der Waals surface area contributed by atoms with Crippen LogP contribution < -0.4 is 5.32 Å². The van der Waals surface area contributed by atoms with Gasteiger partial charge < -0.3 is 14.8 Å². The van der Waals surface area contributed by atoms with Gasteiger partial charge >= 0.3 is 0 Å². The lowest BCUT2D eigenvalue weighted by Gasteiger charge is -2.41. The molecule has 20 heavy (non-hydrogen) atoms. The minimum atomic E-state index is -0.00778. The first-order valence-corrected chi connectivity index (χ1v) is 7.13. The molecule has 2 heterocycles. The molecule has 1 saturated heterocycles. The highest BCUT2D eigenvalue weighted by Gasteiger charge is 2.37. The van der Waals surface area contributed by atoms with Crippen molar-refractivity contribution in [3.05, 3.63) is 18.7 Å². The Bertz CT molecular complexity index is 487. The fourth-order valence-electron chi connectivity index (χ4n) is 2.92. The van der Waals surface area contributed by atoms with Gasteiger partial charge in [0.05, 0.1) is 12.2 Å². The van der Waals surface area contributed by atoms with Gasteiger partial charge in [0.1, 0.15) is 0 Å². The Morgan fingerprint density at radius 1 is 1.35 bits per heavy atom. The average Bonchev–Trinajstić information content (AvgIpc) is 2.76. The molecular weight excluding hydrogens is 256 g/mol. The number of rotatable bonds is 4. The van der Waals surface area contributed by atoms with Crippen molar-refractivity contribution in [2.75, 3.05) is 13.1 Å². The van der Waals surface area contributed by atoms with Crippen molar-refractivity contribution in [1.29, 1.82) is 0 Å². The molecular formula is C14H20N4O2. The number of hydrogen-bond acceptors (Lipinski definition) is 3. The number of amides is 2. The maximum Gasteiger partial charge on any atom is 0.226 e. The minimum absolute atomic E-state index is 0.00778. The molecule has 108 valence electrons. The fraction of sp³-hybridized carbons (Fsp3) is 0.643. The van der Waals surface area contributed by atoms with E-state index < -0.39 is 0 Å². The van der Waals surface area contributed by atoms with Gasteiger partial charge in [0.2, 0.25) is 11.8 Å². The summed E-state index contributed by atoms with van der Waals surface area (Å²) < 4.78 is 2.08. The van der Waals surface area contributed by atoms with Gasteiger partial charge in [0.15, 0.2) is 0 Å². The SMILES string of the molecule is CC(=O)N1CC(C(=O)NC2CC(Cn3ccnc3)C2)C1. The third-order valence-electron chi connectivity index (χ3n) is 4.31. The molecule has 0 unspecified atom stereocenters. The maximum atomic E-state index is 12.0. The Hall–Kier alpha value is -1.85. The number of imidazole rings is 1. The number of carbonyl (C=O) groups is 2. The van der Waals surface area contributed by atoms with E-state index >= 15 is 0 Å². The summed E-state index contributed by atoms with van der Waals surface area (Å²) in [6, 6.07) is 0.308. The number of likely N-dealkylation sites (tertiary alicyclic amines) is 1. The third-order valence-corrected chi connectivity index (χ3v) is 4.31. The lowest BCUT2D eigenvalue weighted by molar-refractivity contribution is -0.142. The van der Waals surface area contributed by atoms with Gasteiger partial charge in [-0.05, 0) is 18.8 Å². The summed E-state index contributed by atoms with van der Waals surface area (Å²) in [4.78, 5) is 28.7. The molecule has 1 saturated carbocycles. The monoisotopic (exact) mass is 276 g/mol. The molecule has 3 rings (SSSR count). The molecule has 0 aromatic carbocycles. The van der Waals surface area contributed by atoms with Crippen molar-refractivity contribution in [2.45, 2.75) is 32.4 Å². The first-order chi connectivity index (χ1) is 9.61. The largest absolute Gasteiger partial charge is 0.353 e. The van der Waals surface area contributed by atoms with E-state index in [-0.39, 0.29) is 17.7 Å². The van der Waals surface area contributed by atoms with Crippen LogP contribution in [0.2, 0.25) is 0 Å². The summed E-state index contributed by atoms with van der Waals surface area (Å²) in [6.07, 6.45) is 7.66. The second-order valence-corrected chi connectivity index (χ2v) is 5.92. The molecule has 1 aliphatic heterocycles. The van der Waals surface area contributed by atoms with Crippen molar-refractivity contribution in [2.24, 2.45) is 11.8 Å². The molecule has 1 aromatic rings. The van der Waals surface area contributed by atoms with Gasteiger partial charge in [0.25, 0.3) is 0 Å². The lowest BCUT2D eigenvalue weighted by Crippen LogP contribution is -2.57. The summed E-state index contributed by atoms with van der Waals surface area (Å²) in [5.41, 5.74) is 0. The summed E-state index contributed by atoms with van der Waals surface area (Å²) in [7, 11) is 0. The zero-order chi connectivity index (χ0) is 14.1. The molecule has 0 spiro atoms. The highest BCUT2D eigenvalue weighted by molar-refractivity contribution is 5.83. The molecule has 2 fully saturated rings. The number of nitrogens with zero attached hydrogens (tertiary/aromatic N) is 3. The molecule has 6 nitrogen and oxygen atoms in total. The third kappa shape index (κ3) is 2.69. The van der Waals surface area contributed by atoms with Gasteiger partial charge in [-0.25, -0.2) is 4.98 Å². The predicted molar refractivity (Wildman–Crippen MR) is 72.6 cm³/mol. The van der Waals surface area contributed by atoms with Crippen molar-refractivity contribution in [1.82, 2.24) is 19.8 Å². The van der Waals surface area contributed by atoms with Crippen LogP contribution in [0.3, 0.4) is 0 Å². The quantitative estimate of drug-likeness (QED) is 0.857. The first-order valence-electron chi connectivity index (χ1n) is 7.13. The van der Waals surface area contributed by atoms with E-state index in [1.54, 1.807) is 18.0 Å². The Kier molecular flexibility index (Phi) is 3.46. The normalized spacial score (nSPS) is 25.8. The smallest absolute Gasteiger partial charge is 0.226 e. The molecule has 2 aliphatic rings. The minimum Gasteiger partial charge on any atom is -0.353 e. The van der Waals surface area contributed by atoms with E-state index in [9.17, 15) is 9.59 Å². The molecule has 1 aliphatic carbocycles. The van der Waals surface area contributed by atoms with E-state index in [0.29, 0.717) is 25.0 Å². The molecule has 1 N–H and O–H groups in total. The van der Waals surface area contributed by atoms with Gasteiger partial charge in [-0.2, -0.15) is 0 Å². The van der Waals surface area contributed by atoms with Crippen LogP contribution >= 0.6 is 0 Å². The van der Waals surface area contributed by atoms with Crippen molar-refractivity contribution in [3.8, 4) is 0 Å². The van der Waals surface area contributed by atoms with Crippen LogP contribution in [0.15, 0.2) is 18.7 Å². The lowest BCUT2D eigenvalue weighted by atomic mass is 9.79. The Balaban J connectivity index is 1.35. The van der Waals surface area contributed by atoms with Crippen LogP contribution in [0.5, 0.6) is 0 Å². The second-order valence-electron chi connectivity index (χ2n) is 5.92. The Morgan fingerprint density at radius 2 is 2.10 bits per heavy atom. The van der Waals surface area contributed by atoms with E-state index in [1.165, 1.54) is 0 Å². The number of aromatic nitrogens is 2. The topological polar surface area (TPSA) is 67.2 Å². The van der Waals surface area contributed by atoms with E-state index in [4.69, 9.17) is 0 Å². The predicted octanol–water partition coefficient (Wildman–Crippen LogP) is 0.256. The van der Waals surface area contributed by atoms with E-state index in [2.05, 4.69) is 14.9 Å². The van der Waals surface area contributed by atoms with E-state index in [0.717, 1.165) is 19.4 Å². The first kappa shape index (κ1) is 13.1. The molecule has 2 amide bonds. The molecule has 1 aromatic heterocycles. The van der Waals surface area contributed by atoms with Crippen LogP contribution in [-0.2, 0) is 16.1 Å². The average molecular weight is 276 g/mol. The van der Waals surface area contributed by atoms with Crippen LogP contribution in [0, 0.1) is 11.8 Å². The zero-order valence-electron chi connectivity index (χ0n) is 11.7.